The van der Waals surface area contributed by atoms with E-state index in [2.05, 4.69) is 80.9 Å². The van der Waals surface area contributed by atoms with Crippen LogP contribution in [-0.2, 0) is 80.7 Å². The van der Waals surface area contributed by atoms with Crippen molar-refractivity contribution in [3.63, 3.8) is 0 Å². The minimum atomic E-state index is -5.67. The molecule has 10 aliphatic rings. The zero-order valence-electron chi connectivity index (χ0n) is 69.8. The highest BCUT2D eigenvalue weighted by Crippen LogP contribution is 2.76. The van der Waals surface area contributed by atoms with E-state index in [9.17, 15) is 122 Å². The van der Waals surface area contributed by atoms with E-state index in [-0.39, 0.29) is 61.2 Å². The number of phosphoric acid groups is 9. The predicted molar refractivity (Wildman–Crippen MR) is 454 cm³/mol. The Balaban J connectivity index is 0.000000125. The molecule has 0 amide bonds. The van der Waals surface area contributed by atoms with Gasteiger partial charge >= 0.3 is 70.4 Å². The van der Waals surface area contributed by atoms with Crippen LogP contribution in [0.3, 0.4) is 0 Å². The molecule has 10 saturated carbocycles. The largest absolute Gasteiger partial charge is 0.490 e. The number of pyridine rings is 4. The molecule has 10 aromatic heterocycles. The van der Waals surface area contributed by atoms with Crippen molar-refractivity contribution < 1.29 is 201 Å². The molecule has 0 aromatic carbocycles. The second-order valence-corrected chi connectivity index (χ2v) is 47.6. The SMILES string of the molecule is Cc1nc(N)c2ncn([C@H]3[C@H](O)[C@H](O)[C@]4(COP(=O)(O)OP(=O)(O)OP(=O)(O)O)C[C@H]34)c2n1.Nc1ccnc2c1ncn2[C@H]1[C@H](O)[C@H](O)[C@]2(CO)C[C@H]12.Nc1ccnc2c1ncn2[C@H]1[C@H](O)[C@H](O)[C@]2(COP(=O)(O)O)C[C@H]12.Nc1ccnc2c1ncn2[C@H]1[C@H](O)[C@H](O)[C@]2(COP(=O)(O)OP(=O)(O)O)C[C@H]12.Nc1ccnc2c1ncn2[C@H]1[C@H](O)[C@H](O)[C@]2(COP(=O)(O)OP(=O)(O)OP(=O)(O)O)C[C@H]12. The van der Waals surface area contributed by atoms with Crippen LogP contribution in [0.15, 0.2) is 80.7 Å². The van der Waals surface area contributed by atoms with E-state index in [1.807, 2.05) is 0 Å². The lowest BCUT2D eigenvalue weighted by Gasteiger charge is -2.24. The van der Waals surface area contributed by atoms with Crippen molar-refractivity contribution >= 4 is 155 Å². The number of rotatable bonds is 28. The van der Waals surface area contributed by atoms with Gasteiger partial charge in [0.1, 0.15) is 63.9 Å². The zero-order chi connectivity index (χ0) is 100. The van der Waals surface area contributed by atoms with Crippen molar-refractivity contribution in [2.75, 3.05) is 61.7 Å². The smallest absolute Gasteiger partial charge is 0.397 e. The molecule has 30 atom stereocenters. The van der Waals surface area contributed by atoms with Gasteiger partial charge in [0.15, 0.2) is 34.1 Å². The highest BCUT2D eigenvalue weighted by Gasteiger charge is 2.77. The molecule has 0 aliphatic heterocycles. The molecule has 0 bridgehead atoms. The van der Waals surface area contributed by atoms with Gasteiger partial charge in [-0.1, -0.05) is 0 Å². The lowest BCUT2D eigenvalue weighted by atomic mass is 10.0. The van der Waals surface area contributed by atoms with Crippen molar-refractivity contribution in [1.82, 2.24) is 77.7 Å². The Morgan fingerprint density at radius 1 is 0.314 bits per heavy atom. The highest BCUT2D eigenvalue weighted by molar-refractivity contribution is 7.67. The van der Waals surface area contributed by atoms with Gasteiger partial charge < -0.3 is 171 Å². The molecule has 0 radical (unpaired) electrons. The topological polar surface area (TPSA) is 1020 Å². The molecule has 0 saturated heterocycles. The van der Waals surface area contributed by atoms with Crippen molar-refractivity contribution in [1.29, 1.82) is 0 Å². The third kappa shape index (κ3) is 19.5. The second kappa shape index (κ2) is 35.7. The molecule has 10 aliphatic carbocycles. The zero-order valence-corrected chi connectivity index (χ0v) is 77.8. The first-order valence-corrected chi connectivity index (χ1v) is 53.8. The summed E-state index contributed by atoms with van der Waals surface area (Å²) in [5.41, 5.74) is 30.5. The maximum absolute atomic E-state index is 12.0. The number of nitrogens with two attached hydrogens (primary N) is 5. The number of aryl methyl sites for hydroxylation is 1. The number of hydrogen-bond acceptors (Lipinski definition) is 45. The van der Waals surface area contributed by atoms with Gasteiger partial charge in [0, 0.05) is 51.9 Å². The molecule has 10 fully saturated rings. The van der Waals surface area contributed by atoms with Crippen LogP contribution in [0.4, 0.5) is 28.6 Å². The molecular weight excluding hydrogens is 2030 g/mol. The Bertz CT molecular complexity index is 6850. The Kier molecular flexibility index (Phi) is 26.7. The molecule has 10 aromatic rings. The fourth-order valence-electron chi connectivity index (χ4n) is 20.2. The number of nitrogens with zero attached hydrogens (tertiary/aromatic N) is 16. The summed E-state index contributed by atoms with van der Waals surface area (Å²) in [4.78, 5) is 163. The Hall–Kier alpha value is -7.22. The summed E-state index contributed by atoms with van der Waals surface area (Å²) in [7, 11) is -48.1. The van der Waals surface area contributed by atoms with Gasteiger partial charge in [0.2, 0.25) is 0 Å². The molecule has 137 heavy (non-hydrogen) atoms. The van der Waals surface area contributed by atoms with Gasteiger partial charge in [-0.3, -0.25) is 18.1 Å². The van der Waals surface area contributed by atoms with E-state index in [0.29, 0.717) is 98.1 Å². The number of hydrogen-bond donors (Lipinski definition) is 29. The summed E-state index contributed by atoms with van der Waals surface area (Å²) < 4.78 is 147. The standard InChI is InChI=1S/C13H20N5O12P3.C13H19N4O12P3.C13H18N4O9P2.C13H17N4O6P.C13H16N4O3/c1-5-16-11(14)7-12(17-5)18(4-15-7)8-6-2-13(6,10(20)9(8)19)3-28-32(24,25)30-33(26,27)29-31(21,22)23;14-7-1-2-15-12-8(7)16-5-17(12)9-6-3-13(6,11(19)10(9)18)4-27-31(23,24)29-32(25,26)28-30(20,21)22;14-7-1-2-15-12-8(7)16-5-17(12)9-6-3-13(6,11(19)10(9)18)4-25-28(23,24)26-27(20,21)22;14-7-1-2-15-12-8(7)16-5-17(12)9-6-3-13(6,11(19)10(9)18)4-23-24(20,21)22;14-7-1-2-15-12-8(7)16-5-17(12)9-6-3-13(6,4-18)11(20)10(9)19/h4,6,8-10,19-20H,2-3H2,1H3,(H,24,25)(H,26,27)(H2,14,16,17)(H2,21,22,23);1-2,5-6,9-11,18-19H,3-4H2,(H2,14,15)(H,23,24)(H,25,26)(H2,20,21,22);1-2,5-6,9-11,18-19H,3-4H2,(H2,14,15)(H,23,24)(H2,20,21,22);1-2,5-6,9-11,18-19H,3-4H2,(H2,14,15)(H2,20,21,22);1-2,5-6,9-11,18-20H,3-4H2,(H2,14,15)/t6-,8-,9+,10+,13+;4*6-,9-,10+,11+,13+/m11111/s1. The van der Waals surface area contributed by atoms with E-state index < -0.39 is 214 Å². The first kappa shape index (κ1) is 103. The number of aliphatic hydroxyl groups is 11. The van der Waals surface area contributed by atoms with Gasteiger partial charge in [-0.05, 0) is 92.9 Å². The average molecular weight is 2120 g/mol. The van der Waals surface area contributed by atoms with Crippen LogP contribution >= 0.6 is 70.4 Å². The first-order chi connectivity index (χ1) is 63.5. The van der Waals surface area contributed by atoms with E-state index >= 15 is 0 Å². The molecule has 0 spiro atoms. The summed E-state index contributed by atoms with van der Waals surface area (Å²) in [5.74, 6) is -0.978. The summed E-state index contributed by atoms with van der Waals surface area (Å²) in [6.07, 6.45) is 3.15. The summed E-state index contributed by atoms with van der Waals surface area (Å²) in [5, 5.41) is 114. The predicted octanol–water partition coefficient (Wildman–Crippen LogP) is -2.80. The number of nitrogen functional groups attached to an aromatic ring is 5. The lowest BCUT2D eigenvalue weighted by molar-refractivity contribution is -0.0300. The molecule has 5 unspecified atom stereocenters. The number of aliphatic hydroxyl groups excluding tert-OH is 11. The summed E-state index contributed by atoms with van der Waals surface area (Å²) in [6, 6.07) is 3.45. The van der Waals surface area contributed by atoms with E-state index in [1.54, 1.807) is 57.4 Å². The van der Waals surface area contributed by atoms with Crippen molar-refractivity contribution in [3.8, 4) is 0 Å². The quantitative estimate of drug-likeness (QED) is 0.0220. The monoisotopic (exact) mass is 2120 g/mol. The van der Waals surface area contributed by atoms with Crippen LogP contribution in [0, 0.1) is 63.6 Å². The van der Waals surface area contributed by atoms with E-state index in [0.717, 1.165) is 0 Å². The lowest BCUT2D eigenvalue weighted by Crippen LogP contribution is -2.35. The molecule has 72 heteroatoms. The average Bonchev–Trinajstić information content (AvgIpc) is 1.55. The molecule has 10 heterocycles. The fraction of sp³-hybridized carbons (Fsp3) is 0.554. The highest BCUT2D eigenvalue weighted by atomic mass is 31.3. The molecule has 752 valence electrons. The number of phosphoric ester groups is 4. The van der Waals surface area contributed by atoms with E-state index in [4.69, 9.17) is 81.4 Å². The minimum absolute atomic E-state index is 0.0399. The van der Waals surface area contributed by atoms with Crippen molar-refractivity contribution in [3.05, 3.63) is 86.5 Å². The number of fused-ring (bicyclic) bond motifs is 10. The number of imidazole rings is 5. The molecule has 63 nitrogen and oxygen atoms in total. The second-order valence-electron chi connectivity index (χ2n) is 34.7. The Morgan fingerprint density at radius 3 is 0.810 bits per heavy atom. The summed E-state index contributed by atoms with van der Waals surface area (Å²) >= 11 is 0. The minimum Gasteiger partial charge on any atom is -0.397 e. The normalized spacial score (nSPS) is 34.7. The van der Waals surface area contributed by atoms with Crippen LogP contribution in [-0.4, -0.2) is 292 Å². The third-order valence-corrected chi connectivity index (χ3v) is 36.9. The number of aromatic nitrogens is 16. The molecule has 20 rings (SSSR count). The number of anilines is 5. The molecular formula is C65H90N21O42P9. The first-order valence-electron chi connectivity index (χ1n) is 40.2. The third-order valence-electron chi connectivity index (χ3n) is 26.7. The van der Waals surface area contributed by atoms with Crippen LogP contribution < -0.4 is 28.7 Å². The van der Waals surface area contributed by atoms with Crippen LogP contribution in [0.1, 0.15) is 68.1 Å². The maximum Gasteiger partial charge on any atom is 0.490 e. The van der Waals surface area contributed by atoms with Crippen LogP contribution in [0.5, 0.6) is 0 Å². The van der Waals surface area contributed by atoms with Crippen molar-refractivity contribution in [2.45, 2.75) is 130 Å². The van der Waals surface area contributed by atoms with Crippen LogP contribution in [0.2, 0.25) is 0 Å². The van der Waals surface area contributed by atoms with Gasteiger partial charge in [-0.15, -0.1) is 0 Å². The Morgan fingerprint density at radius 2 is 0.547 bits per heavy atom. The van der Waals surface area contributed by atoms with Gasteiger partial charge in [0.05, 0.1) is 148 Å². The van der Waals surface area contributed by atoms with Crippen molar-refractivity contribution in [2.24, 2.45) is 56.7 Å². The Labute approximate surface area is 764 Å². The van der Waals surface area contributed by atoms with Crippen LogP contribution in [0.25, 0.3) is 55.8 Å². The van der Waals surface area contributed by atoms with E-state index in [1.165, 1.54) is 53.0 Å². The summed E-state index contributed by atoms with van der Waals surface area (Å²) in [6.45, 7) is -0.746. The fourth-order valence-corrected chi connectivity index (χ4v) is 28.5. The maximum atomic E-state index is 12.0. The molecule has 34 N–H and O–H groups in total. The van der Waals surface area contributed by atoms with Gasteiger partial charge in [-0.25, -0.2) is 95.9 Å². The van der Waals surface area contributed by atoms with Gasteiger partial charge in [0.25, 0.3) is 0 Å². The van der Waals surface area contributed by atoms with Gasteiger partial charge in [-0.2, -0.15) is 21.6 Å².